The average Bonchev–Trinajstić information content (AvgIpc) is 3.12. The van der Waals surface area contributed by atoms with Crippen molar-refractivity contribution in [1.29, 1.82) is 0 Å². The Morgan fingerprint density at radius 3 is 3.04 bits per heavy atom. The van der Waals surface area contributed by atoms with E-state index in [1.807, 2.05) is 23.6 Å². The van der Waals surface area contributed by atoms with Crippen molar-refractivity contribution in [2.75, 3.05) is 6.54 Å². The summed E-state index contributed by atoms with van der Waals surface area (Å²) in [7, 11) is 0. The van der Waals surface area contributed by atoms with Crippen LogP contribution in [0.5, 0.6) is 0 Å². The minimum atomic E-state index is -0.0293. The van der Waals surface area contributed by atoms with E-state index in [4.69, 9.17) is 0 Å². The van der Waals surface area contributed by atoms with Gasteiger partial charge in [0.05, 0.1) is 16.1 Å². The fourth-order valence-corrected chi connectivity index (χ4v) is 3.97. The molecule has 0 fully saturated rings. The van der Waals surface area contributed by atoms with Gasteiger partial charge in [-0.1, -0.05) is 12.1 Å². The summed E-state index contributed by atoms with van der Waals surface area (Å²) in [5.74, 6) is 0.678. The summed E-state index contributed by atoms with van der Waals surface area (Å²) < 4.78 is 0.857. The van der Waals surface area contributed by atoms with E-state index in [2.05, 4.69) is 41.8 Å². The smallest absolute Gasteiger partial charge is 0.255 e. The van der Waals surface area contributed by atoms with Crippen LogP contribution in [0.2, 0.25) is 0 Å². The molecule has 0 aromatic carbocycles. The lowest BCUT2D eigenvalue weighted by molar-refractivity contribution is 0.241. The van der Waals surface area contributed by atoms with Crippen molar-refractivity contribution in [2.45, 2.75) is 19.5 Å². The van der Waals surface area contributed by atoms with Crippen LogP contribution in [0, 0.1) is 0 Å². The van der Waals surface area contributed by atoms with E-state index in [0.717, 1.165) is 45.8 Å². The third kappa shape index (κ3) is 3.07. The first kappa shape index (κ1) is 15.7. The number of pyridine rings is 1. The van der Waals surface area contributed by atoms with E-state index in [9.17, 15) is 4.79 Å². The summed E-state index contributed by atoms with van der Waals surface area (Å²) >= 11 is 5.07. The highest BCUT2D eigenvalue weighted by atomic mass is 79.9. The minimum absolute atomic E-state index is 0.0293. The van der Waals surface area contributed by atoms with Gasteiger partial charge in [-0.25, -0.2) is 9.97 Å². The predicted molar refractivity (Wildman–Crippen MR) is 97.9 cm³/mol. The van der Waals surface area contributed by atoms with Crippen molar-refractivity contribution < 1.29 is 0 Å². The Bertz CT molecular complexity index is 923. The van der Waals surface area contributed by atoms with Crippen molar-refractivity contribution in [1.82, 2.24) is 19.9 Å². The Kier molecular flexibility index (Phi) is 4.30. The van der Waals surface area contributed by atoms with E-state index in [0.29, 0.717) is 12.4 Å². The van der Waals surface area contributed by atoms with Crippen molar-refractivity contribution >= 4 is 27.3 Å². The minimum Gasteiger partial charge on any atom is -0.306 e. The fourth-order valence-electron chi connectivity index (χ4n) is 2.92. The van der Waals surface area contributed by atoms with Crippen LogP contribution in [0.1, 0.15) is 16.8 Å². The Balaban J connectivity index is 1.60. The molecule has 0 saturated carbocycles. The molecule has 1 aliphatic heterocycles. The Morgan fingerprint density at radius 1 is 1.33 bits per heavy atom. The maximum Gasteiger partial charge on any atom is 0.255 e. The van der Waals surface area contributed by atoms with Gasteiger partial charge in [-0.15, -0.1) is 11.3 Å². The van der Waals surface area contributed by atoms with Crippen LogP contribution in [0.4, 0.5) is 0 Å². The topological polar surface area (TPSA) is 61.9 Å². The van der Waals surface area contributed by atoms with Gasteiger partial charge in [-0.2, -0.15) is 0 Å². The molecular weight excluding hydrogens is 388 g/mol. The molecule has 24 heavy (non-hydrogen) atoms. The Labute approximate surface area is 151 Å². The largest absolute Gasteiger partial charge is 0.306 e. The van der Waals surface area contributed by atoms with Gasteiger partial charge in [0.1, 0.15) is 4.60 Å². The Hall–Kier alpha value is -1.83. The summed E-state index contributed by atoms with van der Waals surface area (Å²) in [5.41, 5.74) is 2.80. The number of hydrogen-bond acceptors (Lipinski definition) is 5. The number of aromatic amines is 1. The van der Waals surface area contributed by atoms with Crippen LogP contribution in [-0.2, 0) is 19.5 Å². The lowest BCUT2D eigenvalue weighted by atomic mass is 10.1. The number of H-pyrrole nitrogens is 1. The standard InChI is InChI=1S/C17H15BrN4OS/c18-15-11(3-1-6-19-15)9-22-7-5-13-12(10-22)17(23)21-16(20-13)14-4-2-8-24-14/h1-4,6,8H,5,7,9-10H2,(H,20,21,23). The third-order valence-electron chi connectivity index (χ3n) is 4.13. The van der Waals surface area contributed by atoms with E-state index >= 15 is 0 Å². The van der Waals surface area contributed by atoms with Crippen molar-refractivity contribution in [3.05, 3.63) is 67.6 Å². The van der Waals surface area contributed by atoms with Gasteiger partial charge >= 0.3 is 0 Å². The van der Waals surface area contributed by atoms with Crippen LogP contribution in [-0.4, -0.2) is 26.4 Å². The fraction of sp³-hybridized carbons (Fsp3) is 0.235. The molecule has 0 unspecified atom stereocenters. The summed E-state index contributed by atoms with van der Waals surface area (Å²) in [5, 5.41) is 1.99. The second-order valence-corrected chi connectivity index (χ2v) is 7.43. The second kappa shape index (κ2) is 6.58. The van der Waals surface area contributed by atoms with Gasteiger partial charge in [0, 0.05) is 32.3 Å². The molecule has 3 aromatic rings. The van der Waals surface area contributed by atoms with E-state index in [1.54, 1.807) is 17.5 Å². The first-order valence-electron chi connectivity index (χ1n) is 7.68. The number of hydrogen-bond donors (Lipinski definition) is 1. The molecule has 5 nitrogen and oxygen atoms in total. The lowest BCUT2D eigenvalue weighted by Crippen LogP contribution is -2.35. The van der Waals surface area contributed by atoms with Crippen LogP contribution in [0.25, 0.3) is 10.7 Å². The summed E-state index contributed by atoms with van der Waals surface area (Å²) in [6.07, 6.45) is 2.55. The lowest BCUT2D eigenvalue weighted by Gasteiger charge is -2.27. The van der Waals surface area contributed by atoms with E-state index < -0.39 is 0 Å². The zero-order chi connectivity index (χ0) is 16.5. The number of fused-ring (bicyclic) bond motifs is 1. The first-order valence-corrected chi connectivity index (χ1v) is 9.35. The van der Waals surface area contributed by atoms with Gasteiger partial charge in [0.2, 0.25) is 0 Å². The molecule has 7 heteroatoms. The maximum absolute atomic E-state index is 12.5. The molecule has 1 N–H and O–H groups in total. The Morgan fingerprint density at radius 2 is 2.25 bits per heavy atom. The summed E-state index contributed by atoms with van der Waals surface area (Å²) in [6.45, 7) is 2.26. The SMILES string of the molecule is O=c1[nH]c(-c2cccs2)nc2c1CN(Cc1cccnc1Br)CC2. The van der Waals surface area contributed by atoms with E-state index in [1.165, 1.54) is 0 Å². The third-order valence-corrected chi connectivity index (χ3v) is 5.72. The zero-order valence-electron chi connectivity index (χ0n) is 12.8. The normalized spacial score (nSPS) is 14.5. The molecule has 0 spiro atoms. The number of halogens is 1. The molecule has 122 valence electrons. The summed E-state index contributed by atoms with van der Waals surface area (Å²) in [4.78, 5) is 27.6. The highest BCUT2D eigenvalue weighted by Gasteiger charge is 2.22. The molecule has 0 radical (unpaired) electrons. The molecule has 0 amide bonds. The van der Waals surface area contributed by atoms with Crippen molar-refractivity contribution in [2.24, 2.45) is 0 Å². The van der Waals surface area contributed by atoms with E-state index in [-0.39, 0.29) is 5.56 Å². The van der Waals surface area contributed by atoms with Crippen molar-refractivity contribution in [3.8, 4) is 10.7 Å². The van der Waals surface area contributed by atoms with Gasteiger partial charge in [0.25, 0.3) is 5.56 Å². The molecular formula is C17H15BrN4OS. The van der Waals surface area contributed by atoms with Gasteiger partial charge in [0.15, 0.2) is 5.82 Å². The number of nitrogens with one attached hydrogen (secondary N) is 1. The summed E-state index contributed by atoms with van der Waals surface area (Å²) in [6, 6.07) is 7.92. The number of nitrogens with zero attached hydrogens (tertiary/aromatic N) is 3. The highest BCUT2D eigenvalue weighted by Crippen LogP contribution is 2.23. The molecule has 4 heterocycles. The molecule has 1 aliphatic rings. The number of rotatable bonds is 3. The molecule has 0 saturated heterocycles. The quantitative estimate of drug-likeness (QED) is 0.683. The molecule has 0 aliphatic carbocycles. The monoisotopic (exact) mass is 402 g/mol. The predicted octanol–water partition coefficient (Wildman–Crippen LogP) is 3.21. The van der Waals surface area contributed by atoms with Crippen LogP contribution in [0.3, 0.4) is 0 Å². The second-order valence-electron chi connectivity index (χ2n) is 5.73. The molecule has 3 aromatic heterocycles. The van der Waals surface area contributed by atoms with Crippen molar-refractivity contribution in [3.63, 3.8) is 0 Å². The average molecular weight is 403 g/mol. The molecule has 4 rings (SSSR count). The molecule has 0 atom stereocenters. The zero-order valence-corrected chi connectivity index (χ0v) is 15.2. The first-order chi connectivity index (χ1) is 11.7. The van der Waals surface area contributed by atoms with Crippen LogP contribution >= 0.6 is 27.3 Å². The highest BCUT2D eigenvalue weighted by molar-refractivity contribution is 9.10. The maximum atomic E-state index is 12.5. The van der Waals surface area contributed by atoms with Gasteiger partial charge in [-0.3, -0.25) is 9.69 Å². The van der Waals surface area contributed by atoms with Crippen LogP contribution in [0.15, 0.2) is 45.2 Å². The number of thiophene rings is 1. The number of aromatic nitrogens is 3. The molecule has 0 bridgehead atoms. The van der Waals surface area contributed by atoms with Crippen LogP contribution < -0.4 is 5.56 Å². The van der Waals surface area contributed by atoms with Gasteiger partial charge in [-0.05, 0) is 39.0 Å². The van der Waals surface area contributed by atoms with Gasteiger partial charge < -0.3 is 4.98 Å².